The zero-order valence-electron chi connectivity index (χ0n) is 23.6. The third kappa shape index (κ3) is 5.28. The third-order valence-corrected chi connectivity index (χ3v) is 7.84. The van der Waals surface area contributed by atoms with Crippen LogP contribution in [0.15, 0.2) is 24.3 Å². The van der Waals surface area contributed by atoms with Gasteiger partial charge in [-0.3, -0.25) is 28.9 Å². The van der Waals surface area contributed by atoms with Crippen molar-refractivity contribution >= 4 is 29.3 Å². The summed E-state index contributed by atoms with van der Waals surface area (Å²) in [4.78, 5) is 58.8. The molecule has 0 saturated carbocycles. The summed E-state index contributed by atoms with van der Waals surface area (Å²) < 4.78 is 68.9. The van der Waals surface area contributed by atoms with E-state index in [1.165, 1.54) is 11.9 Å². The van der Waals surface area contributed by atoms with Crippen LogP contribution < -0.4 is 10.6 Å². The number of likely N-dealkylation sites (tertiary alicyclic amines) is 1. The summed E-state index contributed by atoms with van der Waals surface area (Å²) in [6, 6.07) is 4.21. The number of carbonyl (C=O) groups is 4. The topological polar surface area (TPSA) is 103 Å². The predicted octanol–water partition coefficient (Wildman–Crippen LogP) is 3.74. The number of nitrogens with zero attached hydrogens (tertiary/aromatic N) is 3. The smallest absolute Gasteiger partial charge is 0.302 e. The predicted molar refractivity (Wildman–Crippen MR) is 143 cm³/mol. The third-order valence-electron chi connectivity index (χ3n) is 7.84. The van der Waals surface area contributed by atoms with E-state index >= 15 is 0 Å². The lowest BCUT2D eigenvalue weighted by atomic mass is 9.80. The molecule has 0 radical (unpaired) electrons. The number of nitrogens with one attached hydrogen (secondary N) is 2. The van der Waals surface area contributed by atoms with Gasteiger partial charge in [-0.2, -0.15) is 0 Å². The minimum atomic E-state index is -2.44. The van der Waals surface area contributed by atoms with E-state index in [1.807, 2.05) is 5.32 Å². The Morgan fingerprint density at radius 3 is 2.23 bits per heavy atom. The number of benzene rings is 2. The standard InChI is InChI=1S/C29H28F5N5O4/c1-13(2)10-17(27(42)39-12-29(11-18(39)35-4)15-8-6-7-9-16(15)37-28(29)43)38(5)26(41)14(3)36-25(40)19-20(30)22(32)24(34)23(33)21(19)31/h6-9,13-14,17-18H,10-12H2,1-3,5H3,(H,36,40)(H,37,43)/t14-,17-,18-,29-/m0/s1. The van der Waals surface area contributed by atoms with Crippen molar-refractivity contribution in [3.05, 3.63) is 75.9 Å². The van der Waals surface area contributed by atoms with E-state index in [2.05, 4.69) is 10.2 Å². The number of hydrogen-bond acceptors (Lipinski definition) is 4. The molecule has 1 spiro atoms. The summed E-state index contributed by atoms with van der Waals surface area (Å²) in [6.07, 6.45) is -0.879. The van der Waals surface area contributed by atoms with Gasteiger partial charge in [0.25, 0.3) is 11.8 Å². The SMILES string of the molecule is [C-]#[N+][C@@H]1C[C@@]2(CN1C(=O)[C@H](CC(C)C)N(C)C(=O)[C@H](C)NC(=O)c1c(F)c(F)c(F)c(F)c1F)C(=O)Nc1ccccc12. The molecule has 43 heavy (non-hydrogen) atoms. The van der Waals surface area contributed by atoms with Crippen molar-refractivity contribution in [3.63, 3.8) is 0 Å². The summed E-state index contributed by atoms with van der Waals surface area (Å²) >= 11 is 0. The number of likely N-dealkylation sites (N-methyl/N-ethyl adjacent to an activating group) is 1. The summed E-state index contributed by atoms with van der Waals surface area (Å²) in [6.45, 7) is 12.3. The molecule has 1 fully saturated rings. The van der Waals surface area contributed by atoms with Gasteiger partial charge >= 0.3 is 6.17 Å². The molecule has 2 N–H and O–H groups in total. The van der Waals surface area contributed by atoms with Gasteiger partial charge in [0.05, 0.1) is 6.42 Å². The molecule has 0 aliphatic carbocycles. The van der Waals surface area contributed by atoms with Crippen LogP contribution in [0.25, 0.3) is 4.85 Å². The molecule has 2 aromatic rings. The number of amides is 4. The Kier molecular flexibility index (Phi) is 8.49. The van der Waals surface area contributed by atoms with Crippen LogP contribution in [0, 0.1) is 41.6 Å². The Labute approximate surface area is 243 Å². The fourth-order valence-corrected chi connectivity index (χ4v) is 5.61. The molecule has 0 bridgehead atoms. The minimum absolute atomic E-state index is 0.0333. The van der Waals surface area contributed by atoms with Gasteiger partial charge in [0.1, 0.15) is 23.1 Å². The fraction of sp³-hybridized carbons (Fsp3) is 0.414. The highest BCUT2D eigenvalue weighted by Gasteiger charge is 2.59. The van der Waals surface area contributed by atoms with Crippen LogP contribution in [0.1, 0.15) is 49.5 Å². The van der Waals surface area contributed by atoms with Crippen LogP contribution in [-0.2, 0) is 19.8 Å². The average molecular weight is 606 g/mol. The Bertz CT molecular complexity index is 1530. The molecule has 4 amide bonds. The van der Waals surface area contributed by atoms with Gasteiger partial charge in [0, 0.05) is 19.3 Å². The minimum Gasteiger partial charge on any atom is -0.340 e. The van der Waals surface area contributed by atoms with E-state index < -0.39 is 76.0 Å². The first-order chi connectivity index (χ1) is 20.2. The lowest BCUT2D eigenvalue weighted by Gasteiger charge is -2.33. The normalized spacial score (nSPS) is 20.4. The molecule has 9 nitrogen and oxygen atoms in total. The van der Waals surface area contributed by atoms with Gasteiger partial charge in [-0.25, -0.2) is 28.5 Å². The zero-order chi connectivity index (χ0) is 32.0. The molecule has 2 heterocycles. The Balaban J connectivity index is 1.58. The van der Waals surface area contributed by atoms with Crippen molar-refractivity contribution in [2.45, 2.75) is 57.3 Å². The van der Waals surface area contributed by atoms with Crippen molar-refractivity contribution in [1.82, 2.24) is 15.1 Å². The second kappa shape index (κ2) is 11.6. The van der Waals surface area contributed by atoms with Gasteiger partial charge in [0.15, 0.2) is 23.3 Å². The molecule has 14 heteroatoms. The largest absolute Gasteiger partial charge is 0.340 e. The first kappa shape index (κ1) is 31.4. The van der Waals surface area contributed by atoms with Gasteiger partial charge < -0.3 is 15.5 Å². The molecule has 0 unspecified atom stereocenters. The maximum atomic E-state index is 14.1. The van der Waals surface area contributed by atoms with Crippen molar-refractivity contribution in [2.75, 3.05) is 18.9 Å². The summed E-state index contributed by atoms with van der Waals surface area (Å²) in [5.74, 6) is -15.6. The maximum Gasteiger partial charge on any atom is 0.302 e. The van der Waals surface area contributed by atoms with Crippen LogP contribution in [0.2, 0.25) is 0 Å². The molecule has 2 aliphatic rings. The summed E-state index contributed by atoms with van der Waals surface area (Å²) in [7, 11) is 1.25. The van der Waals surface area contributed by atoms with Crippen LogP contribution in [0.3, 0.4) is 0 Å². The van der Waals surface area contributed by atoms with Crippen LogP contribution in [-0.4, -0.2) is 65.3 Å². The molecule has 4 atom stereocenters. The van der Waals surface area contributed by atoms with E-state index in [-0.39, 0.29) is 31.2 Å². The second-order valence-corrected chi connectivity index (χ2v) is 11.1. The van der Waals surface area contributed by atoms with Crippen LogP contribution >= 0.6 is 0 Å². The lowest BCUT2D eigenvalue weighted by Crippen LogP contribution is -2.55. The molecular formula is C29H28F5N5O4. The Morgan fingerprint density at radius 2 is 1.65 bits per heavy atom. The van der Waals surface area contributed by atoms with Crippen LogP contribution in [0.4, 0.5) is 27.6 Å². The number of para-hydroxylation sites is 1. The van der Waals surface area contributed by atoms with E-state index in [1.54, 1.807) is 38.1 Å². The van der Waals surface area contributed by atoms with Crippen LogP contribution in [0.5, 0.6) is 0 Å². The van der Waals surface area contributed by atoms with Crippen molar-refractivity contribution in [1.29, 1.82) is 0 Å². The van der Waals surface area contributed by atoms with Gasteiger partial charge in [-0.15, -0.1) is 0 Å². The van der Waals surface area contributed by atoms with E-state index in [0.717, 1.165) is 11.8 Å². The lowest BCUT2D eigenvalue weighted by molar-refractivity contribution is -0.146. The number of anilines is 1. The van der Waals surface area contributed by atoms with E-state index in [0.29, 0.717) is 11.3 Å². The second-order valence-electron chi connectivity index (χ2n) is 11.1. The highest BCUT2D eigenvalue weighted by atomic mass is 19.2. The van der Waals surface area contributed by atoms with Gasteiger partial charge in [-0.1, -0.05) is 32.0 Å². The summed E-state index contributed by atoms with van der Waals surface area (Å²) in [5, 5.41) is 4.73. The molecule has 4 rings (SSSR count). The Hall–Kier alpha value is -4.54. The first-order valence-corrected chi connectivity index (χ1v) is 13.3. The Morgan fingerprint density at radius 1 is 1.07 bits per heavy atom. The van der Waals surface area contributed by atoms with Gasteiger partial charge in [-0.05, 0) is 30.9 Å². The highest BCUT2D eigenvalue weighted by molar-refractivity contribution is 6.07. The van der Waals surface area contributed by atoms with E-state index in [9.17, 15) is 41.1 Å². The number of halogens is 5. The molecule has 0 aromatic heterocycles. The average Bonchev–Trinajstić information content (AvgIpc) is 3.50. The van der Waals surface area contributed by atoms with Crippen molar-refractivity contribution in [2.24, 2.45) is 5.92 Å². The zero-order valence-corrected chi connectivity index (χ0v) is 23.6. The number of carbonyl (C=O) groups excluding carboxylic acids is 4. The van der Waals surface area contributed by atoms with Gasteiger partial charge in [0.2, 0.25) is 17.6 Å². The molecule has 2 aromatic carbocycles. The number of hydrogen-bond donors (Lipinski definition) is 2. The number of fused-ring (bicyclic) bond motifs is 2. The molecular weight excluding hydrogens is 577 g/mol. The molecule has 228 valence electrons. The van der Waals surface area contributed by atoms with E-state index in [4.69, 9.17) is 6.57 Å². The molecule has 1 saturated heterocycles. The van der Waals surface area contributed by atoms with Crippen molar-refractivity contribution in [3.8, 4) is 0 Å². The maximum absolute atomic E-state index is 14.1. The number of rotatable bonds is 7. The summed E-state index contributed by atoms with van der Waals surface area (Å²) in [5.41, 5.74) is -1.69. The molecule has 2 aliphatic heterocycles. The first-order valence-electron chi connectivity index (χ1n) is 13.3. The monoisotopic (exact) mass is 605 g/mol. The van der Waals surface area contributed by atoms with Crippen molar-refractivity contribution < 1.29 is 41.1 Å². The fourth-order valence-electron chi connectivity index (χ4n) is 5.61. The quantitative estimate of drug-likeness (QED) is 0.217. The highest BCUT2D eigenvalue weighted by Crippen LogP contribution is 2.47.